The summed E-state index contributed by atoms with van der Waals surface area (Å²) in [6.45, 7) is 1.69. The first-order valence-electron chi connectivity index (χ1n) is 11.6. The molecule has 0 rings (SSSR count). The highest BCUT2D eigenvalue weighted by atomic mass is 16.1. The monoisotopic (exact) mass is 376 g/mol. The van der Waals surface area contributed by atoms with Crippen molar-refractivity contribution in [2.75, 3.05) is 0 Å². The molecular weight excluding hydrogens is 332 g/mol. The van der Waals surface area contributed by atoms with E-state index in [-0.39, 0.29) is 0 Å². The predicted molar refractivity (Wildman–Crippen MR) is 117 cm³/mol. The molecule has 2 heteroatoms. The minimum absolute atomic E-state index is 0.332. The van der Waals surface area contributed by atoms with E-state index in [9.17, 15) is 9.59 Å². The standard InChI is InChI=1S/C25H44O2/c1-3-4-22-25(27)23-20-18-16-14-12-10-8-6-5-7-9-11-13-15-17-19-21-24(2)26/h1H,4-23H2,2H3. The molecule has 0 fully saturated rings. The lowest BCUT2D eigenvalue weighted by Crippen LogP contribution is -1.96. The Morgan fingerprint density at radius 2 is 0.889 bits per heavy atom. The van der Waals surface area contributed by atoms with Crippen LogP contribution in [0.5, 0.6) is 0 Å². The molecule has 0 spiro atoms. The number of ketones is 2. The van der Waals surface area contributed by atoms with Crippen molar-refractivity contribution in [3.05, 3.63) is 0 Å². The van der Waals surface area contributed by atoms with Gasteiger partial charge in [0.15, 0.2) is 0 Å². The lowest BCUT2D eigenvalue weighted by Gasteiger charge is -2.04. The van der Waals surface area contributed by atoms with Gasteiger partial charge in [-0.3, -0.25) is 4.79 Å². The van der Waals surface area contributed by atoms with E-state index in [0.29, 0.717) is 24.4 Å². The third kappa shape index (κ3) is 22.9. The van der Waals surface area contributed by atoms with E-state index in [2.05, 4.69) is 5.92 Å². The minimum atomic E-state index is 0.332. The number of rotatable bonds is 21. The molecule has 156 valence electrons. The third-order valence-corrected chi connectivity index (χ3v) is 5.28. The van der Waals surface area contributed by atoms with Crippen LogP contribution in [0.4, 0.5) is 0 Å². The summed E-state index contributed by atoms with van der Waals surface area (Å²) in [4.78, 5) is 22.3. The van der Waals surface area contributed by atoms with Crippen molar-refractivity contribution in [1.29, 1.82) is 0 Å². The van der Waals surface area contributed by atoms with Crippen molar-refractivity contribution >= 4 is 11.6 Å². The zero-order valence-electron chi connectivity index (χ0n) is 18.0. The zero-order chi connectivity index (χ0) is 20.0. The van der Waals surface area contributed by atoms with Crippen molar-refractivity contribution in [2.45, 2.75) is 135 Å². The molecule has 27 heavy (non-hydrogen) atoms. The zero-order valence-corrected chi connectivity index (χ0v) is 18.0. The summed E-state index contributed by atoms with van der Waals surface area (Å²) < 4.78 is 0. The first kappa shape index (κ1) is 25.9. The number of hydrogen-bond acceptors (Lipinski definition) is 2. The minimum Gasteiger partial charge on any atom is -0.300 e. The Morgan fingerprint density at radius 3 is 1.22 bits per heavy atom. The Balaban J connectivity index is 3.08. The van der Waals surface area contributed by atoms with Crippen LogP contribution in [0, 0.1) is 12.3 Å². The van der Waals surface area contributed by atoms with E-state index in [0.717, 1.165) is 25.7 Å². The molecule has 0 aromatic heterocycles. The van der Waals surface area contributed by atoms with Gasteiger partial charge >= 0.3 is 0 Å². The molecule has 0 radical (unpaired) electrons. The van der Waals surface area contributed by atoms with Gasteiger partial charge in [-0.05, 0) is 19.8 Å². The number of carbonyl (C=O) groups is 2. The fourth-order valence-corrected chi connectivity index (χ4v) is 3.51. The molecular formula is C25H44O2. The topological polar surface area (TPSA) is 34.1 Å². The third-order valence-electron chi connectivity index (χ3n) is 5.28. The van der Waals surface area contributed by atoms with Crippen molar-refractivity contribution in [2.24, 2.45) is 0 Å². The van der Waals surface area contributed by atoms with Crippen LogP contribution in [-0.4, -0.2) is 11.6 Å². The van der Waals surface area contributed by atoms with E-state index in [1.165, 1.54) is 89.9 Å². The molecule has 0 N–H and O–H groups in total. The Bertz CT molecular complexity index is 392. The van der Waals surface area contributed by atoms with Crippen molar-refractivity contribution in [1.82, 2.24) is 0 Å². The van der Waals surface area contributed by atoms with Gasteiger partial charge in [0.25, 0.3) is 0 Å². The number of terminal acetylenes is 1. The summed E-state index contributed by atoms with van der Waals surface area (Å²) in [6.07, 6.45) is 28.6. The molecule has 0 unspecified atom stereocenters. The van der Waals surface area contributed by atoms with Gasteiger partial charge in [-0.2, -0.15) is 0 Å². The molecule has 0 heterocycles. The predicted octanol–water partition coefficient (Wildman–Crippen LogP) is 7.58. The highest BCUT2D eigenvalue weighted by Crippen LogP contribution is 2.14. The summed E-state index contributed by atoms with van der Waals surface area (Å²) in [6, 6.07) is 0. The summed E-state index contributed by atoms with van der Waals surface area (Å²) in [7, 11) is 0. The fraction of sp³-hybridized carbons (Fsp3) is 0.840. The van der Waals surface area contributed by atoms with E-state index < -0.39 is 0 Å². The van der Waals surface area contributed by atoms with Gasteiger partial charge < -0.3 is 4.79 Å². The number of hydrogen-bond donors (Lipinski definition) is 0. The highest BCUT2D eigenvalue weighted by molar-refractivity contribution is 5.78. The van der Waals surface area contributed by atoms with Gasteiger partial charge in [0.1, 0.15) is 11.6 Å². The second kappa shape index (κ2) is 21.2. The first-order chi connectivity index (χ1) is 13.2. The Labute approximate surface area is 169 Å². The fourth-order valence-electron chi connectivity index (χ4n) is 3.51. The molecule has 2 nitrogen and oxygen atoms in total. The molecule has 0 aliphatic rings. The lowest BCUT2D eigenvalue weighted by molar-refractivity contribution is -0.119. The van der Waals surface area contributed by atoms with E-state index in [1.807, 2.05) is 0 Å². The molecule has 0 aromatic carbocycles. The van der Waals surface area contributed by atoms with Crippen LogP contribution in [-0.2, 0) is 9.59 Å². The largest absolute Gasteiger partial charge is 0.300 e. The Hall–Kier alpha value is -1.10. The lowest BCUT2D eigenvalue weighted by atomic mass is 10.0. The molecule has 0 amide bonds. The van der Waals surface area contributed by atoms with Gasteiger partial charge in [0.05, 0.1) is 0 Å². The highest BCUT2D eigenvalue weighted by Gasteiger charge is 2.00. The summed E-state index contributed by atoms with van der Waals surface area (Å²) in [5, 5.41) is 0. The molecule has 0 aliphatic carbocycles. The van der Waals surface area contributed by atoms with Gasteiger partial charge in [-0.1, -0.05) is 89.9 Å². The normalized spacial score (nSPS) is 10.7. The summed E-state index contributed by atoms with van der Waals surface area (Å²) in [5.74, 6) is 3.20. The summed E-state index contributed by atoms with van der Waals surface area (Å²) >= 11 is 0. The maximum Gasteiger partial charge on any atom is 0.133 e. The second-order valence-electron chi connectivity index (χ2n) is 8.10. The Kier molecular flexibility index (Phi) is 20.3. The van der Waals surface area contributed by atoms with Crippen LogP contribution in [0.2, 0.25) is 0 Å². The van der Waals surface area contributed by atoms with Gasteiger partial charge in [-0.15, -0.1) is 12.3 Å². The van der Waals surface area contributed by atoms with E-state index in [1.54, 1.807) is 6.92 Å². The van der Waals surface area contributed by atoms with Crippen LogP contribution < -0.4 is 0 Å². The maximum absolute atomic E-state index is 11.5. The average molecular weight is 377 g/mol. The van der Waals surface area contributed by atoms with Gasteiger partial charge in [0, 0.05) is 25.7 Å². The van der Waals surface area contributed by atoms with Crippen LogP contribution >= 0.6 is 0 Å². The van der Waals surface area contributed by atoms with Crippen molar-refractivity contribution in [3.8, 4) is 12.3 Å². The molecule has 0 aromatic rings. The van der Waals surface area contributed by atoms with Crippen LogP contribution in [0.1, 0.15) is 135 Å². The van der Waals surface area contributed by atoms with Crippen LogP contribution in [0.15, 0.2) is 0 Å². The maximum atomic E-state index is 11.5. The van der Waals surface area contributed by atoms with Crippen LogP contribution in [0.3, 0.4) is 0 Å². The second-order valence-corrected chi connectivity index (χ2v) is 8.10. The molecule has 0 aliphatic heterocycles. The van der Waals surface area contributed by atoms with Crippen molar-refractivity contribution < 1.29 is 9.59 Å². The van der Waals surface area contributed by atoms with E-state index >= 15 is 0 Å². The van der Waals surface area contributed by atoms with Gasteiger partial charge in [-0.25, -0.2) is 0 Å². The van der Waals surface area contributed by atoms with Crippen LogP contribution in [0.25, 0.3) is 0 Å². The van der Waals surface area contributed by atoms with Gasteiger partial charge in [0.2, 0.25) is 0 Å². The molecule has 0 saturated carbocycles. The quantitative estimate of drug-likeness (QED) is 0.153. The molecule has 0 atom stereocenters. The average Bonchev–Trinajstić information content (AvgIpc) is 2.65. The number of unbranched alkanes of at least 4 members (excludes halogenated alkanes) is 15. The number of carbonyl (C=O) groups excluding carboxylic acids is 2. The van der Waals surface area contributed by atoms with Crippen molar-refractivity contribution in [3.63, 3.8) is 0 Å². The smallest absolute Gasteiger partial charge is 0.133 e. The molecule has 0 saturated heterocycles. The summed E-state index contributed by atoms with van der Waals surface area (Å²) in [5.41, 5.74) is 0. The van der Waals surface area contributed by atoms with E-state index in [4.69, 9.17) is 6.42 Å². The first-order valence-corrected chi connectivity index (χ1v) is 11.6. The number of Topliss-reactive ketones (excluding diaryl/α,β-unsaturated/α-hetero) is 2. The molecule has 0 bridgehead atoms. The SMILES string of the molecule is C#CCCC(=O)CCCCCCCCCCCCCCCCCCC(C)=O. The Morgan fingerprint density at radius 1 is 0.556 bits per heavy atom.